The van der Waals surface area contributed by atoms with Crippen molar-refractivity contribution < 1.29 is 18.8 Å². The molecule has 1 atom stereocenters. The fourth-order valence-electron chi connectivity index (χ4n) is 4.37. The van der Waals surface area contributed by atoms with Gasteiger partial charge in [-0.05, 0) is 54.5 Å². The van der Waals surface area contributed by atoms with Gasteiger partial charge in [-0.1, -0.05) is 75.4 Å². The Morgan fingerprint density at radius 2 is 1.16 bits per heavy atom. The molecule has 0 bridgehead atoms. The Balaban J connectivity index is 2.05. The molecule has 0 aliphatic heterocycles. The fourth-order valence-corrected chi connectivity index (χ4v) is 9.87. The van der Waals surface area contributed by atoms with Gasteiger partial charge in [-0.25, -0.2) is 0 Å². The number of benzene rings is 3. The number of carbonyl (C=O) groups is 2. The summed E-state index contributed by atoms with van der Waals surface area (Å²) in [7, 11) is -3.14. The number of ketones is 1. The van der Waals surface area contributed by atoms with Crippen LogP contribution in [0, 0.1) is 0 Å². The van der Waals surface area contributed by atoms with E-state index < -0.39 is 21.7 Å². The van der Waals surface area contributed by atoms with Crippen LogP contribution in [0.2, 0.25) is 18.1 Å². The van der Waals surface area contributed by atoms with E-state index in [1.807, 2.05) is 54.6 Å². The van der Waals surface area contributed by atoms with Crippen LogP contribution in [0.4, 0.5) is 0 Å². The maximum Gasteiger partial charge on any atom is 0.308 e. The molecule has 0 N–H and O–H groups in total. The summed E-state index contributed by atoms with van der Waals surface area (Å²) in [6.07, 6.45) is 0.104. The van der Waals surface area contributed by atoms with Crippen molar-refractivity contribution >= 4 is 43.2 Å². The largest absolute Gasteiger partial charge is 0.469 e. The Bertz CT molecular complexity index is 1060. The predicted octanol–water partition coefficient (Wildman–Crippen LogP) is 5.89. The van der Waals surface area contributed by atoms with Crippen LogP contribution >= 0.6 is 7.26 Å². The lowest BCUT2D eigenvalue weighted by Gasteiger charge is -2.39. The van der Waals surface area contributed by atoms with E-state index in [9.17, 15) is 9.59 Å². The molecular formula is C31H40O4PSi+. The number of esters is 1. The average Bonchev–Trinajstić information content (AvgIpc) is 2.87. The van der Waals surface area contributed by atoms with Gasteiger partial charge in [-0.2, -0.15) is 0 Å². The van der Waals surface area contributed by atoms with Crippen molar-refractivity contribution in [3.8, 4) is 0 Å². The minimum Gasteiger partial charge on any atom is -0.469 e. The molecule has 0 saturated carbocycles. The molecule has 0 aliphatic rings. The van der Waals surface area contributed by atoms with Gasteiger partial charge < -0.3 is 9.16 Å². The van der Waals surface area contributed by atoms with Crippen LogP contribution in [-0.4, -0.2) is 39.4 Å². The molecule has 0 aromatic heterocycles. The molecule has 37 heavy (non-hydrogen) atoms. The summed E-state index contributed by atoms with van der Waals surface area (Å²) in [6.45, 7) is 10.8. The van der Waals surface area contributed by atoms with Crippen LogP contribution in [0.3, 0.4) is 0 Å². The SMILES string of the molecule is COC(=O)C[C@@H](CC(=O)C[P+](c1ccccc1)(c1ccccc1)c1ccccc1)O[Si](C)(C)C(C)(C)C. The van der Waals surface area contributed by atoms with E-state index in [1.54, 1.807) is 0 Å². The summed E-state index contributed by atoms with van der Waals surface area (Å²) in [5.74, 6) is -0.260. The maximum absolute atomic E-state index is 14.0. The van der Waals surface area contributed by atoms with Crippen molar-refractivity contribution in [2.45, 2.75) is 57.8 Å². The Morgan fingerprint density at radius 3 is 1.51 bits per heavy atom. The van der Waals surface area contributed by atoms with E-state index in [4.69, 9.17) is 9.16 Å². The molecule has 0 spiro atoms. The third kappa shape index (κ3) is 7.04. The second-order valence-corrected chi connectivity index (χ2v) is 19.2. The summed E-state index contributed by atoms with van der Waals surface area (Å²) in [4.78, 5) is 26.3. The Hall–Kier alpha value is -2.59. The first-order valence-electron chi connectivity index (χ1n) is 12.8. The van der Waals surface area contributed by atoms with E-state index in [0.717, 1.165) is 15.9 Å². The third-order valence-corrected chi connectivity index (χ3v) is 16.3. The zero-order valence-electron chi connectivity index (χ0n) is 22.9. The number of carbonyl (C=O) groups excluding carboxylic acids is 2. The van der Waals surface area contributed by atoms with Crippen molar-refractivity contribution in [1.29, 1.82) is 0 Å². The second kappa shape index (κ2) is 12.3. The molecule has 0 unspecified atom stereocenters. The summed E-state index contributed by atoms with van der Waals surface area (Å²) in [5.41, 5.74) is 0. The second-order valence-electron chi connectivity index (χ2n) is 11.0. The molecule has 0 heterocycles. The highest BCUT2D eigenvalue weighted by atomic mass is 31.2. The highest BCUT2D eigenvalue weighted by Crippen LogP contribution is 2.55. The lowest BCUT2D eigenvalue weighted by atomic mass is 10.1. The van der Waals surface area contributed by atoms with Gasteiger partial charge >= 0.3 is 5.97 Å². The lowest BCUT2D eigenvalue weighted by molar-refractivity contribution is -0.142. The molecule has 3 aromatic carbocycles. The summed E-state index contributed by atoms with van der Waals surface area (Å²) in [5, 5.41) is 3.45. The predicted molar refractivity (Wildman–Crippen MR) is 158 cm³/mol. The van der Waals surface area contributed by atoms with Gasteiger partial charge in [0.1, 0.15) is 29.3 Å². The van der Waals surface area contributed by atoms with E-state index in [0.29, 0.717) is 6.16 Å². The highest BCUT2D eigenvalue weighted by Gasteiger charge is 2.48. The van der Waals surface area contributed by atoms with Gasteiger partial charge in [0.25, 0.3) is 0 Å². The molecule has 0 amide bonds. The van der Waals surface area contributed by atoms with E-state index in [2.05, 4.69) is 70.3 Å². The normalized spacial score (nSPS) is 13.1. The zero-order chi connectivity index (χ0) is 27.1. The Morgan fingerprint density at radius 1 is 0.757 bits per heavy atom. The lowest BCUT2D eigenvalue weighted by Crippen LogP contribution is -2.45. The molecular weight excluding hydrogens is 495 g/mol. The zero-order valence-corrected chi connectivity index (χ0v) is 24.8. The Kier molecular flexibility index (Phi) is 9.63. The van der Waals surface area contributed by atoms with Gasteiger partial charge in [-0.3, -0.25) is 9.59 Å². The van der Waals surface area contributed by atoms with E-state index in [1.165, 1.54) is 7.11 Å². The molecule has 4 nitrogen and oxygen atoms in total. The van der Waals surface area contributed by atoms with Crippen LogP contribution in [0.25, 0.3) is 0 Å². The average molecular weight is 536 g/mol. The number of hydrogen-bond donors (Lipinski definition) is 0. The highest BCUT2D eigenvalue weighted by molar-refractivity contribution is 7.96. The molecule has 0 fully saturated rings. The van der Waals surface area contributed by atoms with E-state index >= 15 is 0 Å². The van der Waals surface area contributed by atoms with Crippen molar-refractivity contribution in [3.05, 3.63) is 91.0 Å². The Labute approximate surface area is 223 Å². The van der Waals surface area contributed by atoms with Crippen molar-refractivity contribution in [2.75, 3.05) is 13.3 Å². The first kappa shape index (κ1) is 29.0. The summed E-state index contributed by atoms with van der Waals surface area (Å²) >= 11 is 0. The van der Waals surface area contributed by atoms with Crippen LogP contribution in [0.1, 0.15) is 33.6 Å². The maximum atomic E-state index is 14.0. The minimum absolute atomic E-state index is 0.0424. The number of hydrogen-bond acceptors (Lipinski definition) is 4. The van der Waals surface area contributed by atoms with Gasteiger partial charge in [0.2, 0.25) is 0 Å². The first-order chi connectivity index (χ1) is 17.5. The molecule has 6 heteroatoms. The van der Waals surface area contributed by atoms with Crippen molar-refractivity contribution in [3.63, 3.8) is 0 Å². The van der Waals surface area contributed by atoms with Crippen molar-refractivity contribution in [2.24, 2.45) is 0 Å². The van der Waals surface area contributed by atoms with Gasteiger partial charge in [0, 0.05) is 6.42 Å². The monoisotopic (exact) mass is 535 g/mol. The topological polar surface area (TPSA) is 52.6 Å². The molecule has 0 radical (unpaired) electrons. The number of rotatable bonds is 11. The molecule has 3 rings (SSSR count). The van der Waals surface area contributed by atoms with E-state index in [-0.39, 0.29) is 29.6 Å². The summed E-state index contributed by atoms with van der Waals surface area (Å²) in [6, 6.07) is 31.1. The molecule has 3 aromatic rings. The van der Waals surface area contributed by atoms with Gasteiger partial charge in [-0.15, -0.1) is 0 Å². The van der Waals surface area contributed by atoms with Crippen LogP contribution in [0.5, 0.6) is 0 Å². The van der Waals surface area contributed by atoms with Gasteiger partial charge in [0.15, 0.2) is 14.1 Å². The van der Waals surface area contributed by atoms with Gasteiger partial charge in [0.05, 0.1) is 19.6 Å². The quantitative estimate of drug-likeness (QED) is 0.174. The third-order valence-electron chi connectivity index (χ3n) is 7.35. The molecule has 0 saturated heterocycles. The first-order valence-corrected chi connectivity index (χ1v) is 17.7. The number of ether oxygens (including phenoxy) is 1. The molecule has 196 valence electrons. The molecule has 0 aliphatic carbocycles. The van der Waals surface area contributed by atoms with Crippen LogP contribution in [0.15, 0.2) is 91.0 Å². The van der Waals surface area contributed by atoms with Crippen LogP contribution < -0.4 is 15.9 Å². The van der Waals surface area contributed by atoms with Crippen molar-refractivity contribution in [1.82, 2.24) is 0 Å². The fraction of sp³-hybridized carbons (Fsp3) is 0.355. The standard InChI is InChI=1S/C31H40O4PSi/c1-31(2,3)37(5,6)35-26(23-30(33)34-4)22-25(32)24-36(27-16-10-7-11-17-27,28-18-12-8-13-19-28)29-20-14-9-15-21-29/h7-21,26H,22-24H2,1-6H3/q+1/t26-/m1/s1. The minimum atomic E-state index is -2.30. The number of methoxy groups -OCH3 is 1. The smallest absolute Gasteiger partial charge is 0.308 e. The van der Waals surface area contributed by atoms with Crippen LogP contribution in [-0.2, 0) is 18.8 Å². The number of Topliss-reactive ketones (excluding diaryl/α,β-unsaturated/α-hetero) is 1. The summed E-state index contributed by atoms with van der Waals surface area (Å²) < 4.78 is 11.6.